The smallest absolute Gasteiger partial charge is 0.226 e. The zero-order chi connectivity index (χ0) is 17.2. The van der Waals surface area contributed by atoms with E-state index in [4.69, 9.17) is 9.52 Å². The van der Waals surface area contributed by atoms with Gasteiger partial charge >= 0.3 is 0 Å². The Balaban J connectivity index is 1.72. The third kappa shape index (κ3) is 3.49. The summed E-state index contributed by atoms with van der Waals surface area (Å²) >= 11 is 0. The summed E-state index contributed by atoms with van der Waals surface area (Å²) in [6, 6.07) is 3.61. The number of rotatable bonds is 6. The summed E-state index contributed by atoms with van der Waals surface area (Å²) in [6.07, 6.45) is 5.52. The van der Waals surface area contributed by atoms with Crippen molar-refractivity contribution in [3.05, 3.63) is 41.8 Å². The summed E-state index contributed by atoms with van der Waals surface area (Å²) < 4.78 is 31.8. The number of nitrogens with zero attached hydrogens (tertiary/aromatic N) is 2. The molecule has 0 saturated carbocycles. The summed E-state index contributed by atoms with van der Waals surface area (Å²) in [5.41, 5.74) is 1.25. The van der Waals surface area contributed by atoms with Crippen molar-refractivity contribution in [2.75, 3.05) is 13.2 Å². The van der Waals surface area contributed by atoms with E-state index >= 15 is 0 Å². The predicted octanol–water partition coefficient (Wildman–Crippen LogP) is 3.75. The van der Waals surface area contributed by atoms with Gasteiger partial charge in [0.25, 0.3) is 0 Å². The van der Waals surface area contributed by atoms with Crippen LogP contribution in [0.4, 0.5) is 8.78 Å². The molecule has 1 aliphatic rings. The number of aromatic nitrogens is 1. The van der Waals surface area contributed by atoms with Gasteiger partial charge in [-0.3, -0.25) is 4.90 Å². The first-order valence-electron chi connectivity index (χ1n) is 8.27. The molecular formula is C18H22F2N2O2. The Hall–Kier alpha value is -1.79. The van der Waals surface area contributed by atoms with Gasteiger partial charge in [0.15, 0.2) is 11.6 Å². The van der Waals surface area contributed by atoms with Crippen LogP contribution < -0.4 is 0 Å². The molecule has 1 N–H and O–H groups in total. The maximum atomic E-state index is 13.3. The van der Waals surface area contributed by atoms with Gasteiger partial charge in [-0.2, -0.15) is 0 Å². The second kappa shape index (κ2) is 6.99. The average Bonchev–Trinajstić information content (AvgIpc) is 3.17. The molecule has 2 aromatic rings. The monoisotopic (exact) mass is 336 g/mol. The van der Waals surface area contributed by atoms with Crippen LogP contribution in [0.2, 0.25) is 0 Å². The molecule has 0 bridgehead atoms. The molecule has 1 fully saturated rings. The van der Waals surface area contributed by atoms with Gasteiger partial charge in [-0.25, -0.2) is 13.8 Å². The molecule has 130 valence electrons. The van der Waals surface area contributed by atoms with E-state index in [0.717, 1.165) is 50.1 Å². The first-order chi connectivity index (χ1) is 11.5. The van der Waals surface area contributed by atoms with E-state index in [2.05, 4.69) is 16.8 Å². The molecule has 1 saturated heterocycles. The summed E-state index contributed by atoms with van der Waals surface area (Å²) in [4.78, 5) is 6.77. The highest BCUT2D eigenvalue weighted by Gasteiger charge is 2.36. The Morgan fingerprint density at radius 1 is 1.33 bits per heavy atom. The third-order valence-corrected chi connectivity index (χ3v) is 4.85. The first kappa shape index (κ1) is 17.0. The van der Waals surface area contributed by atoms with Crippen LogP contribution in [0.25, 0.3) is 11.5 Å². The Kier molecular flexibility index (Phi) is 4.96. The standard InChI is InChI=1S/C18H22F2N2O2/c1-18(7-3-9-23)6-2-8-22(18)11-14-12-24-17(21-14)13-4-5-15(19)16(20)10-13/h4-5,10,12,23H,2-3,6-9,11H2,1H3. The van der Waals surface area contributed by atoms with Crippen LogP contribution in [0.1, 0.15) is 38.3 Å². The van der Waals surface area contributed by atoms with E-state index in [1.54, 1.807) is 6.26 Å². The molecule has 1 aliphatic heterocycles. The molecule has 1 aromatic carbocycles. The highest BCUT2D eigenvalue weighted by atomic mass is 19.2. The molecule has 4 nitrogen and oxygen atoms in total. The van der Waals surface area contributed by atoms with Crippen molar-refractivity contribution >= 4 is 0 Å². The van der Waals surface area contributed by atoms with Gasteiger partial charge in [-0.15, -0.1) is 0 Å². The molecule has 1 aromatic heterocycles. The van der Waals surface area contributed by atoms with Crippen LogP contribution in [0.5, 0.6) is 0 Å². The van der Waals surface area contributed by atoms with Crippen molar-refractivity contribution in [2.24, 2.45) is 0 Å². The molecule has 6 heteroatoms. The van der Waals surface area contributed by atoms with Crippen molar-refractivity contribution in [2.45, 2.75) is 44.7 Å². The van der Waals surface area contributed by atoms with E-state index in [-0.39, 0.29) is 12.1 Å². The Morgan fingerprint density at radius 2 is 2.17 bits per heavy atom. The van der Waals surface area contributed by atoms with Gasteiger partial charge in [-0.05, 0) is 57.4 Å². The largest absolute Gasteiger partial charge is 0.444 e. The third-order valence-electron chi connectivity index (χ3n) is 4.85. The van der Waals surface area contributed by atoms with Crippen LogP contribution in [0.15, 0.2) is 28.9 Å². The number of likely N-dealkylation sites (tertiary alicyclic amines) is 1. The number of hydrogen-bond acceptors (Lipinski definition) is 4. The predicted molar refractivity (Wildman–Crippen MR) is 86.2 cm³/mol. The number of oxazole rings is 1. The number of aliphatic hydroxyl groups excluding tert-OH is 1. The van der Waals surface area contributed by atoms with Gasteiger partial charge in [0.1, 0.15) is 6.26 Å². The zero-order valence-electron chi connectivity index (χ0n) is 13.8. The molecule has 0 aliphatic carbocycles. The minimum absolute atomic E-state index is 0.0594. The molecule has 0 radical (unpaired) electrons. The lowest BCUT2D eigenvalue weighted by Crippen LogP contribution is -2.40. The van der Waals surface area contributed by atoms with Gasteiger partial charge in [0.05, 0.1) is 5.69 Å². The van der Waals surface area contributed by atoms with Gasteiger partial charge in [0.2, 0.25) is 5.89 Å². The molecule has 3 rings (SSSR count). The second-order valence-electron chi connectivity index (χ2n) is 6.62. The van der Waals surface area contributed by atoms with Crippen LogP contribution in [-0.2, 0) is 6.54 Å². The van der Waals surface area contributed by atoms with Crippen LogP contribution in [0.3, 0.4) is 0 Å². The maximum absolute atomic E-state index is 13.3. The highest BCUT2D eigenvalue weighted by Crippen LogP contribution is 2.34. The summed E-state index contributed by atoms with van der Waals surface area (Å²) in [5.74, 6) is -1.51. The van der Waals surface area contributed by atoms with Crippen LogP contribution in [0, 0.1) is 11.6 Å². The summed E-state index contributed by atoms with van der Waals surface area (Å²) in [7, 11) is 0. The minimum atomic E-state index is -0.914. The van der Waals surface area contributed by atoms with Crippen molar-refractivity contribution in [3.8, 4) is 11.5 Å². The molecule has 1 unspecified atom stereocenters. The highest BCUT2D eigenvalue weighted by molar-refractivity contribution is 5.53. The zero-order valence-corrected chi connectivity index (χ0v) is 13.8. The van der Waals surface area contributed by atoms with E-state index in [9.17, 15) is 8.78 Å². The van der Waals surface area contributed by atoms with E-state index < -0.39 is 11.6 Å². The van der Waals surface area contributed by atoms with E-state index in [1.165, 1.54) is 6.07 Å². The van der Waals surface area contributed by atoms with Crippen LogP contribution >= 0.6 is 0 Å². The number of aliphatic hydroxyl groups is 1. The number of halogens is 2. The molecule has 24 heavy (non-hydrogen) atoms. The van der Waals surface area contributed by atoms with E-state index in [1.807, 2.05) is 0 Å². The minimum Gasteiger partial charge on any atom is -0.444 e. The fourth-order valence-corrected chi connectivity index (χ4v) is 3.43. The van der Waals surface area contributed by atoms with Gasteiger partial charge in [0, 0.05) is 24.3 Å². The summed E-state index contributed by atoms with van der Waals surface area (Å²) in [5, 5.41) is 9.09. The SMILES string of the molecule is CC1(CCCO)CCCN1Cc1coc(-c2ccc(F)c(F)c2)n1. The number of hydrogen-bond donors (Lipinski definition) is 1. The Labute approximate surface area is 140 Å². The molecule has 0 amide bonds. The van der Waals surface area contributed by atoms with E-state index in [0.29, 0.717) is 18.0 Å². The lowest BCUT2D eigenvalue weighted by molar-refractivity contribution is 0.123. The first-order valence-corrected chi connectivity index (χ1v) is 8.27. The second-order valence-corrected chi connectivity index (χ2v) is 6.62. The quantitative estimate of drug-likeness (QED) is 0.873. The molecule has 1 atom stereocenters. The lowest BCUT2D eigenvalue weighted by Gasteiger charge is -2.34. The Bertz CT molecular complexity index is 704. The lowest BCUT2D eigenvalue weighted by atomic mass is 9.93. The van der Waals surface area contributed by atoms with Gasteiger partial charge < -0.3 is 9.52 Å². The van der Waals surface area contributed by atoms with Gasteiger partial charge in [-0.1, -0.05) is 0 Å². The topological polar surface area (TPSA) is 49.5 Å². The molecule has 2 heterocycles. The van der Waals surface area contributed by atoms with Crippen LogP contribution in [-0.4, -0.2) is 33.7 Å². The Morgan fingerprint density at radius 3 is 2.92 bits per heavy atom. The number of benzene rings is 1. The fraction of sp³-hybridized carbons (Fsp3) is 0.500. The van der Waals surface area contributed by atoms with Crippen molar-refractivity contribution < 1.29 is 18.3 Å². The average molecular weight is 336 g/mol. The van der Waals surface area contributed by atoms with Crippen molar-refractivity contribution in [1.29, 1.82) is 0 Å². The van der Waals surface area contributed by atoms with Crippen molar-refractivity contribution in [1.82, 2.24) is 9.88 Å². The molecule has 0 spiro atoms. The maximum Gasteiger partial charge on any atom is 0.226 e. The summed E-state index contributed by atoms with van der Waals surface area (Å²) in [6.45, 7) is 4.05. The fourth-order valence-electron chi connectivity index (χ4n) is 3.43. The molecular weight excluding hydrogens is 314 g/mol. The normalized spacial score (nSPS) is 21.5. The van der Waals surface area contributed by atoms with Crippen molar-refractivity contribution in [3.63, 3.8) is 0 Å².